The highest BCUT2D eigenvalue weighted by atomic mass is 19.3. The Morgan fingerprint density at radius 2 is 1.59 bits per heavy atom. The molecule has 3 aromatic carbocycles. The van der Waals surface area contributed by atoms with E-state index in [2.05, 4.69) is 10.2 Å². The third-order valence-corrected chi connectivity index (χ3v) is 9.25. The standard InChI is InChI=1S/C33H37F4N3O/c34-28-19-25(39-16-11-33(12-17-39)9-13-38-14-10-33)20-29(35)31(28)32-27-7-6-26(41-22-23-4-2-1-3-5-23)18-24(27)8-15-40(32)21-30(36)37/h1-7,18-20,30,32,38H,8-17,21-22H2. The fraction of sp³-hybridized carbons (Fsp3) is 0.455. The molecule has 2 fully saturated rings. The van der Waals surface area contributed by atoms with Gasteiger partial charge in [-0.3, -0.25) is 4.90 Å². The molecule has 1 spiro atoms. The van der Waals surface area contributed by atoms with Crippen LogP contribution in [0, 0.1) is 17.0 Å². The van der Waals surface area contributed by atoms with E-state index in [0.29, 0.717) is 35.4 Å². The van der Waals surface area contributed by atoms with Crippen LogP contribution in [0.25, 0.3) is 0 Å². The lowest BCUT2D eigenvalue weighted by Crippen LogP contribution is -2.45. The van der Waals surface area contributed by atoms with Crippen molar-refractivity contribution in [3.8, 4) is 5.75 Å². The van der Waals surface area contributed by atoms with Gasteiger partial charge in [0.25, 0.3) is 6.43 Å². The number of ether oxygens (including phenoxy) is 1. The number of nitrogens with zero attached hydrogens (tertiary/aromatic N) is 2. The first-order valence-electron chi connectivity index (χ1n) is 14.7. The highest BCUT2D eigenvalue weighted by Crippen LogP contribution is 2.43. The van der Waals surface area contributed by atoms with Gasteiger partial charge >= 0.3 is 0 Å². The number of nitrogens with one attached hydrogen (secondary N) is 1. The SMILES string of the molecule is Fc1cc(N2CCC3(CCNCC3)CC2)cc(F)c1C1c2ccc(OCc3ccccc3)cc2CCN1CC(F)F. The fourth-order valence-corrected chi connectivity index (χ4v) is 6.91. The zero-order chi connectivity index (χ0) is 28.4. The second-order valence-corrected chi connectivity index (χ2v) is 11.7. The van der Waals surface area contributed by atoms with Gasteiger partial charge in [0.1, 0.15) is 24.0 Å². The molecule has 2 saturated heterocycles. The summed E-state index contributed by atoms with van der Waals surface area (Å²) in [5, 5.41) is 3.42. The molecule has 4 nitrogen and oxygen atoms in total. The molecule has 0 aliphatic carbocycles. The maximum atomic E-state index is 15.9. The Kier molecular flexibility index (Phi) is 8.22. The van der Waals surface area contributed by atoms with Crippen molar-refractivity contribution in [2.24, 2.45) is 5.41 Å². The highest BCUT2D eigenvalue weighted by Gasteiger charge is 2.37. The second-order valence-electron chi connectivity index (χ2n) is 11.7. The van der Waals surface area contributed by atoms with Crippen molar-refractivity contribution in [1.29, 1.82) is 0 Å². The van der Waals surface area contributed by atoms with E-state index in [1.165, 1.54) is 17.0 Å². The summed E-state index contributed by atoms with van der Waals surface area (Å²) in [6.45, 7) is 3.67. The first-order chi connectivity index (χ1) is 19.9. The maximum absolute atomic E-state index is 15.9. The van der Waals surface area contributed by atoms with Crippen molar-refractivity contribution >= 4 is 5.69 Å². The van der Waals surface area contributed by atoms with Crippen LogP contribution >= 0.6 is 0 Å². The Balaban J connectivity index is 1.26. The number of halogens is 4. The normalized spacial score (nSPS) is 20.8. The van der Waals surface area contributed by atoms with Crippen LogP contribution in [0.2, 0.25) is 0 Å². The monoisotopic (exact) mass is 567 g/mol. The minimum Gasteiger partial charge on any atom is -0.489 e. The molecule has 0 bridgehead atoms. The van der Waals surface area contributed by atoms with Crippen LogP contribution in [0.15, 0.2) is 60.7 Å². The number of rotatable bonds is 7. The van der Waals surface area contributed by atoms with Crippen LogP contribution in [-0.2, 0) is 13.0 Å². The number of hydrogen-bond acceptors (Lipinski definition) is 4. The van der Waals surface area contributed by atoms with E-state index < -0.39 is 30.6 Å². The number of fused-ring (bicyclic) bond motifs is 1. The van der Waals surface area contributed by atoms with E-state index in [9.17, 15) is 8.78 Å². The van der Waals surface area contributed by atoms with Gasteiger partial charge in [-0.25, -0.2) is 17.6 Å². The summed E-state index contributed by atoms with van der Waals surface area (Å²) in [4.78, 5) is 3.56. The van der Waals surface area contributed by atoms with Gasteiger partial charge in [-0.2, -0.15) is 0 Å². The van der Waals surface area contributed by atoms with Crippen molar-refractivity contribution in [3.63, 3.8) is 0 Å². The van der Waals surface area contributed by atoms with Gasteiger partial charge in [0.2, 0.25) is 0 Å². The molecule has 6 rings (SSSR count). The smallest absolute Gasteiger partial charge is 0.251 e. The van der Waals surface area contributed by atoms with Crippen LogP contribution in [0.3, 0.4) is 0 Å². The van der Waals surface area contributed by atoms with Crippen molar-refractivity contribution in [2.75, 3.05) is 44.2 Å². The number of benzene rings is 3. The number of piperidine rings is 2. The van der Waals surface area contributed by atoms with Gasteiger partial charge in [-0.15, -0.1) is 0 Å². The Morgan fingerprint density at radius 1 is 0.878 bits per heavy atom. The van der Waals surface area contributed by atoms with Gasteiger partial charge in [0, 0.05) is 30.9 Å². The summed E-state index contributed by atoms with van der Waals surface area (Å²) in [5.41, 5.74) is 3.20. The molecule has 1 unspecified atom stereocenters. The molecule has 3 aliphatic heterocycles. The lowest BCUT2D eigenvalue weighted by atomic mass is 9.71. The average Bonchev–Trinajstić information content (AvgIpc) is 2.97. The molecule has 0 amide bonds. The summed E-state index contributed by atoms with van der Waals surface area (Å²) >= 11 is 0. The van der Waals surface area contributed by atoms with Gasteiger partial charge in [0.05, 0.1) is 12.6 Å². The summed E-state index contributed by atoms with van der Waals surface area (Å²) in [7, 11) is 0. The minimum atomic E-state index is -2.62. The fourth-order valence-electron chi connectivity index (χ4n) is 6.91. The van der Waals surface area contributed by atoms with Gasteiger partial charge < -0.3 is 15.0 Å². The van der Waals surface area contributed by atoms with E-state index >= 15 is 8.78 Å². The molecule has 0 aromatic heterocycles. The largest absolute Gasteiger partial charge is 0.489 e. The van der Waals surface area contributed by atoms with Crippen molar-refractivity contribution in [3.05, 3.63) is 94.6 Å². The summed E-state index contributed by atoms with van der Waals surface area (Å²) in [6, 6.07) is 17.0. The van der Waals surface area contributed by atoms with Gasteiger partial charge in [-0.1, -0.05) is 36.4 Å². The van der Waals surface area contributed by atoms with E-state index in [4.69, 9.17) is 4.74 Å². The van der Waals surface area contributed by atoms with Crippen molar-refractivity contribution in [1.82, 2.24) is 10.2 Å². The molecule has 218 valence electrons. The summed E-state index contributed by atoms with van der Waals surface area (Å²) in [6.07, 6.45) is 2.17. The predicted molar refractivity (Wildman–Crippen MR) is 153 cm³/mol. The van der Waals surface area contributed by atoms with Crippen LogP contribution in [0.1, 0.15) is 54.0 Å². The Hall–Kier alpha value is -3.10. The summed E-state index contributed by atoms with van der Waals surface area (Å²) in [5.74, 6) is -0.742. The second kappa shape index (κ2) is 12.0. The topological polar surface area (TPSA) is 27.7 Å². The van der Waals surface area contributed by atoms with Crippen LogP contribution in [0.4, 0.5) is 23.2 Å². The van der Waals surface area contributed by atoms with Crippen LogP contribution in [0.5, 0.6) is 5.75 Å². The van der Waals surface area contributed by atoms with Crippen molar-refractivity contribution in [2.45, 2.75) is 51.2 Å². The molecule has 8 heteroatoms. The third kappa shape index (κ3) is 6.09. The Morgan fingerprint density at radius 3 is 2.27 bits per heavy atom. The molecular formula is C33H37F4N3O. The van der Waals surface area contributed by atoms with E-state index in [-0.39, 0.29) is 12.1 Å². The lowest BCUT2D eigenvalue weighted by Gasteiger charge is -2.45. The molecule has 0 radical (unpaired) electrons. The first-order valence-corrected chi connectivity index (χ1v) is 14.7. The molecule has 41 heavy (non-hydrogen) atoms. The zero-order valence-electron chi connectivity index (χ0n) is 23.2. The zero-order valence-corrected chi connectivity index (χ0v) is 23.2. The number of hydrogen-bond donors (Lipinski definition) is 1. The minimum absolute atomic E-state index is 0.167. The van der Waals surface area contributed by atoms with Crippen LogP contribution < -0.4 is 15.0 Å². The first kappa shape index (κ1) is 28.0. The molecule has 1 atom stereocenters. The van der Waals surface area contributed by atoms with E-state index in [0.717, 1.165) is 63.0 Å². The molecule has 0 saturated carbocycles. The van der Waals surface area contributed by atoms with Gasteiger partial charge in [-0.05, 0) is 91.6 Å². The maximum Gasteiger partial charge on any atom is 0.251 e. The van der Waals surface area contributed by atoms with Crippen molar-refractivity contribution < 1.29 is 22.3 Å². The summed E-state index contributed by atoms with van der Waals surface area (Å²) < 4.78 is 64.9. The molecule has 3 aliphatic rings. The number of anilines is 1. The molecular weight excluding hydrogens is 530 g/mol. The number of alkyl halides is 2. The quantitative estimate of drug-likeness (QED) is 0.321. The van der Waals surface area contributed by atoms with Gasteiger partial charge in [0.15, 0.2) is 0 Å². The third-order valence-electron chi connectivity index (χ3n) is 9.25. The highest BCUT2D eigenvalue weighted by molar-refractivity contribution is 5.52. The molecule has 3 aromatic rings. The van der Waals surface area contributed by atoms with Crippen LogP contribution in [-0.4, -0.2) is 50.6 Å². The predicted octanol–water partition coefficient (Wildman–Crippen LogP) is 6.73. The van der Waals surface area contributed by atoms with E-state index in [1.807, 2.05) is 36.4 Å². The Labute approximate surface area is 239 Å². The molecule has 3 heterocycles. The van der Waals surface area contributed by atoms with E-state index in [1.54, 1.807) is 12.1 Å². The lowest BCUT2D eigenvalue weighted by molar-refractivity contribution is 0.0686. The Bertz CT molecular complexity index is 1310. The molecule has 1 N–H and O–H groups in total. The average molecular weight is 568 g/mol.